The molecular weight excluding hydrogens is 262 g/mol. The highest BCUT2D eigenvalue weighted by Crippen LogP contribution is 2.40. The smallest absolute Gasteiger partial charge is 0.147 e. The third kappa shape index (κ3) is 2.47. The van der Waals surface area contributed by atoms with Crippen LogP contribution in [0.4, 0.5) is 0 Å². The Bertz CT molecular complexity index is 614. The van der Waals surface area contributed by atoms with E-state index >= 15 is 0 Å². The zero-order valence-electron chi connectivity index (χ0n) is 12.2. The van der Waals surface area contributed by atoms with Gasteiger partial charge in [0.15, 0.2) is 0 Å². The Morgan fingerprint density at radius 3 is 2.71 bits per heavy atom. The fourth-order valence-corrected chi connectivity index (χ4v) is 3.25. The Morgan fingerprint density at radius 2 is 2.00 bits per heavy atom. The summed E-state index contributed by atoms with van der Waals surface area (Å²) in [4.78, 5) is 2.41. The van der Waals surface area contributed by atoms with Gasteiger partial charge >= 0.3 is 0 Å². The summed E-state index contributed by atoms with van der Waals surface area (Å²) in [6, 6.07) is 9.34. The van der Waals surface area contributed by atoms with Gasteiger partial charge in [-0.3, -0.25) is 4.90 Å². The fourth-order valence-electron chi connectivity index (χ4n) is 3.25. The largest absolute Gasteiger partial charge is 0.329 e. The summed E-state index contributed by atoms with van der Waals surface area (Å²) >= 11 is 0. The van der Waals surface area contributed by atoms with Gasteiger partial charge in [0.1, 0.15) is 12.2 Å². The summed E-state index contributed by atoms with van der Waals surface area (Å²) in [5.74, 6) is 1.85. The molecule has 2 heterocycles. The van der Waals surface area contributed by atoms with E-state index in [1.807, 2.05) is 6.33 Å². The number of rotatable bonds is 4. The molecule has 110 valence electrons. The van der Waals surface area contributed by atoms with Gasteiger partial charge in [-0.1, -0.05) is 24.3 Å². The first-order chi connectivity index (χ1) is 10.3. The molecule has 5 nitrogen and oxygen atoms in total. The Kier molecular flexibility index (Phi) is 3.24. The van der Waals surface area contributed by atoms with Crippen LogP contribution in [0.5, 0.6) is 0 Å². The summed E-state index contributed by atoms with van der Waals surface area (Å²) in [5.41, 5.74) is 8.85. The van der Waals surface area contributed by atoms with Gasteiger partial charge in [0.25, 0.3) is 0 Å². The molecule has 1 unspecified atom stereocenters. The van der Waals surface area contributed by atoms with Crippen LogP contribution < -0.4 is 5.73 Å². The third-order valence-corrected chi connectivity index (χ3v) is 4.70. The highest BCUT2D eigenvalue weighted by atomic mass is 15.3. The van der Waals surface area contributed by atoms with Gasteiger partial charge in [-0.2, -0.15) is 0 Å². The average molecular weight is 283 g/mol. The van der Waals surface area contributed by atoms with Crippen molar-refractivity contribution in [1.82, 2.24) is 19.7 Å². The van der Waals surface area contributed by atoms with E-state index in [9.17, 15) is 0 Å². The van der Waals surface area contributed by atoms with Crippen molar-refractivity contribution < 1.29 is 0 Å². The van der Waals surface area contributed by atoms with E-state index in [0.29, 0.717) is 6.54 Å². The third-order valence-electron chi connectivity index (χ3n) is 4.70. The second-order valence-electron chi connectivity index (χ2n) is 6.10. The molecule has 1 aliphatic carbocycles. The number of nitrogens with two attached hydrogens (primary N) is 1. The van der Waals surface area contributed by atoms with E-state index in [-0.39, 0.29) is 6.04 Å². The Balaban J connectivity index is 1.54. The highest BCUT2D eigenvalue weighted by Gasteiger charge is 2.26. The minimum atomic E-state index is 0.267. The molecule has 0 saturated heterocycles. The van der Waals surface area contributed by atoms with Crippen molar-refractivity contribution in [2.75, 3.05) is 13.1 Å². The molecule has 1 aromatic carbocycles. The van der Waals surface area contributed by atoms with Gasteiger partial charge in [0, 0.05) is 25.7 Å². The van der Waals surface area contributed by atoms with Crippen LogP contribution in [0.1, 0.15) is 41.8 Å². The highest BCUT2D eigenvalue weighted by molar-refractivity contribution is 5.30. The van der Waals surface area contributed by atoms with Crippen LogP contribution in [0.3, 0.4) is 0 Å². The normalized spacial score (nSPS) is 20.2. The standard InChI is InChI=1S/C16H21N5/c17-9-15(14-5-3-13(4-6-14)12-1-2-12)20-7-8-21-11-18-19-16(21)10-20/h3-6,11-12,15H,1-2,7-10,17H2. The minimum absolute atomic E-state index is 0.267. The van der Waals surface area contributed by atoms with Gasteiger partial charge in [-0.15, -0.1) is 10.2 Å². The van der Waals surface area contributed by atoms with Crippen LogP contribution in [-0.2, 0) is 13.1 Å². The van der Waals surface area contributed by atoms with Gasteiger partial charge in [0.2, 0.25) is 0 Å². The molecule has 4 rings (SSSR count). The first kappa shape index (κ1) is 13.0. The van der Waals surface area contributed by atoms with Gasteiger partial charge < -0.3 is 10.3 Å². The summed E-state index contributed by atoms with van der Waals surface area (Å²) in [6.45, 7) is 3.40. The number of aromatic nitrogens is 3. The molecule has 2 N–H and O–H groups in total. The van der Waals surface area contributed by atoms with Crippen molar-refractivity contribution in [2.45, 2.75) is 37.9 Å². The van der Waals surface area contributed by atoms with Crippen LogP contribution in [0.15, 0.2) is 30.6 Å². The zero-order valence-corrected chi connectivity index (χ0v) is 12.2. The van der Waals surface area contributed by atoms with Crippen molar-refractivity contribution in [1.29, 1.82) is 0 Å². The monoisotopic (exact) mass is 283 g/mol. The van der Waals surface area contributed by atoms with E-state index in [2.05, 4.69) is 43.9 Å². The molecule has 1 aromatic heterocycles. The summed E-state index contributed by atoms with van der Waals surface area (Å²) in [5, 5.41) is 8.18. The second-order valence-corrected chi connectivity index (χ2v) is 6.10. The maximum absolute atomic E-state index is 6.06. The molecule has 0 amide bonds. The molecule has 0 radical (unpaired) electrons. The van der Waals surface area contributed by atoms with E-state index < -0.39 is 0 Å². The predicted octanol–water partition coefficient (Wildman–Crippen LogP) is 1.67. The van der Waals surface area contributed by atoms with Crippen molar-refractivity contribution in [3.63, 3.8) is 0 Å². The molecule has 1 fully saturated rings. The predicted molar refractivity (Wildman–Crippen MR) is 80.6 cm³/mol. The first-order valence-electron chi connectivity index (χ1n) is 7.76. The number of benzene rings is 1. The van der Waals surface area contributed by atoms with Crippen LogP contribution in [0.25, 0.3) is 0 Å². The maximum Gasteiger partial charge on any atom is 0.147 e. The lowest BCUT2D eigenvalue weighted by Crippen LogP contribution is -2.39. The van der Waals surface area contributed by atoms with Gasteiger partial charge in [0.05, 0.1) is 6.54 Å². The SMILES string of the molecule is NCC(c1ccc(C2CC2)cc1)N1CCn2cnnc2C1. The van der Waals surface area contributed by atoms with Gasteiger partial charge in [-0.05, 0) is 29.9 Å². The lowest BCUT2D eigenvalue weighted by molar-refractivity contribution is 0.156. The Hall–Kier alpha value is -1.72. The topological polar surface area (TPSA) is 60.0 Å². The molecule has 1 atom stereocenters. The molecule has 2 aliphatic rings. The van der Waals surface area contributed by atoms with Gasteiger partial charge in [-0.25, -0.2) is 0 Å². The van der Waals surface area contributed by atoms with E-state index in [1.165, 1.54) is 24.0 Å². The van der Waals surface area contributed by atoms with E-state index in [1.54, 1.807) is 0 Å². The number of hydrogen-bond acceptors (Lipinski definition) is 4. The zero-order chi connectivity index (χ0) is 14.2. The molecule has 1 aliphatic heterocycles. The summed E-state index contributed by atoms with van der Waals surface area (Å²) < 4.78 is 2.13. The Morgan fingerprint density at radius 1 is 1.19 bits per heavy atom. The van der Waals surface area contributed by atoms with Crippen LogP contribution in [0, 0.1) is 0 Å². The summed E-state index contributed by atoms with van der Waals surface area (Å²) in [7, 11) is 0. The summed E-state index contributed by atoms with van der Waals surface area (Å²) in [6.07, 6.45) is 4.51. The van der Waals surface area contributed by atoms with E-state index in [0.717, 1.165) is 31.4 Å². The molecular formula is C16H21N5. The van der Waals surface area contributed by atoms with Crippen molar-refractivity contribution in [3.8, 4) is 0 Å². The minimum Gasteiger partial charge on any atom is -0.329 e. The lowest BCUT2D eigenvalue weighted by atomic mass is 10.0. The lowest BCUT2D eigenvalue weighted by Gasteiger charge is -2.34. The maximum atomic E-state index is 6.06. The van der Waals surface area contributed by atoms with Crippen LogP contribution in [0.2, 0.25) is 0 Å². The second kappa shape index (κ2) is 5.24. The molecule has 0 bridgehead atoms. The fraction of sp³-hybridized carbons (Fsp3) is 0.500. The van der Waals surface area contributed by atoms with Crippen LogP contribution >= 0.6 is 0 Å². The molecule has 21 heavy (non-hydrogen) atoms. The Labute approximate surface area is 124 Å². The number of fused-ring (bicyclic) bond motifs is 1. The number of hydrogen-bond donors (Lipinski definition) is 1. The first-order valence-corrected chi connectivity index (χ1v) is 7.76. The van der Waals surface area contributed by atoms with Crippen molar-refractivity contribution in [3.05, 3.63) is 47.5 Å². The number of nitrogens with zero attached hydrogens (tertiary/aromatic N) is 4. The molecule has 1 saturated carbocycles. The average Bonchev–Trinajstić information content (AvgIpc) is 3.27. The van der Waals surface area contributed by atoms with Crippen molar-refractivity contribution >= 4 is 0 Å². The van der Waals surface area contributed by atoms with Crippen molar-refractivity contribution in [2.24, 2.45) is 5.73 Å². The van der Waals surface area contributed by atoms with Crippen LogP contribution in [-0.4, -0.2) is 32.8 Å². The quantitative estimate of drug-likeness (QED) is 0.927. The molecule has 0 spiro atoms. The molecule has 2 aromatic rings. The van der Waals surface area contributed by atoms with E-state index in [4.69, 9.17) is 5.73 Å². The molecule has 5 heteroatoms.